The molecule has 0 radical (unpaired) electrons. The van der Waals surface area contributed by atoms with Gasteiger partial charge in [0, 0.05) is 62.3 Å². The number of morpholine rings is 1. The Labute approximate surface area is 266 Å². The predicted molar refractivity (Wildman–Crippen MR) is 174 cm³/mol. The first kappa shape index (κ1) is 30.9. The minimum absolute atomic E-state index is 0.0367. The number of halogens is 1. The van der Waals surface area contributed by atoms with Crippen molar-refractivity contribution in [3.8, 4) is 11.8 Å². The molecule has 3 N–H and O–H groups in total. The van der Waals surface area contributed by atoms with E-state index in [1.165, 1.54) is 6.20 Å². The van der Waals surface area contributed by atoms with Crippen LogP contribution in [0.15, 0.2) is 48.7 Å². The van der Waals surface area contributed by atoms with Crippen LogP contribution in [0.3, 0.4) is 0 Å². The molecule has 2 aliphatic rings. The third kappa shape index (κ3) is 9.24. The van der Waals surface area contributed by atoms with Gasteiger partial charge in [0.25, 0.3) is 0 Å². The zero-order valence-corrected chi connectivity index (χ0v) is 26.3. The summed E-state index contributed by atoms with van der Waals surface area (Å²) in [6.07, 6.45) is 2.61. The molecule has 1 aromatic heterocycles. The maximum absolute atomic E-state index is 12.7. The molecular formula is C31H37IN8O3. The van der Waals surface area contributed by atoms with Crippen molar-refractivity contribution in [3.63, 3.8) is 0 Å². The van der Waals surface area contributed by atoms with Gasteiger partial charge in [0.2, 0.25) is 11.9 Å². The molecule has 3 heterocycles. The summed E-state index contributed by atoms with van der Waals surface area (Å²) in [6, 6.07) is 16.2. The number of nitriles is 1. The van der Waals surface area contributed by atoms with Gasteiger partial charge in [-0.15, -0.1) is 0 Å². The second kappa shape index (κ2) is 15.8. The largest absolute Gasteiger partial charge is 0.491 e. The number of nitrogens with one attached hydrogen (secondary N) is 3. The zero-order valence-electron chi connectivity index (χ0n) is 24.1. The van der Waals surface area contributed by atoms with Crippen molar-refractivity contribution in [2.45, 2.75) is 23.8 Å². The number of fused-ring (bicyclic) bond motifs is 5. The second-order valence-electron chi connectivity index (χ2n) is 10.5. The number of alkyl halides is 1. The summed E-state index contributed by atoms with van der Waals surface area (Å²) >= 11 is 2.32. The minimum atomic E-state index is 0.0367. The number of anilines is 4. The molecule has 0 spiro atoms. The minimum Gasteiger partial charge on any atom is -0.491 e. The summed E-state index contributed by atoms with van der Waals surface area (Å²) < 4.78 is 12.4. The van der Waals surface area contributed by atoms with Gasteiger partial charge in [-0.2, -0.15) is 10.2 Å². The van der Waals surface area contributed by atoms with Gasteiger partial charge < -0.3 is 25.4 Å². The van der Waals surface area contributed by atoms with Gasteiger partial charge in [-0.25, -0.2) is 4.98 Å². The number of carbonyl (C=O) groups is 1. The zero-order chi connectivity index (χ0) is 29.9. The van der Waals surface area contributed by atoms with Gasteiger partial charge in [0.05, 0.1) is 31.7 Å². The molecular weight excluding hydrogens is 659 g/mol. The van der Waals surface area contributed by atoms with Crippen LogP contribution in [0.5, 0.6) is 5.75 Å². The summed E-state index contributed by atoms with van der Waals surface area (Å²) in [5.74, 6) is 1.47. The monoisotopic (exact) mass is 696 g/mol. The van der Waals surface area contributed by atoms with Crippen LogP contribution in [0, 0.1) is 11.3 Å². The quantitative estimate of drug-likeness (QED) is 0.270. The molecule has 3 aromatic rings. The Bertz CT molecular complexity index is 1430. The Kier molecular flexibility index (Phi) is 11.4. The molecule has 12 heteroatoms. The standard InChI is InChI=1S/C31H37IN8O3/c32-19-23-5-6-28-27(18-23)37-31-35-21-25(20-33)30(38-31)36-26-4-1-3-24(17-26)22-40(11-10-39-12-15-42-16-13-39)9-7-29(41)34-8-2-14-43-28/h1,3-6,17-18,21H,2,7-16,19,22H2,(H,34,41)(H2,35,36,37,38). The molecule has 2 aliphatic heterocycles. The molecule has 2 aromatic carbocycles. The fourth-order valence-corrected chi connectivity index (χ4v) is 5.45. The van der Waals surface area contributed by atoms with E-state index in [1.807, 2.05) is 30.3 Å². The van der Waals surface area contributed by atoms with Gasteiger partial charge in [-0.05, 0) is 41.8 Å². The van der Waals surface area contributed by atoms with Crippen molar-refractivity contribution in [1.29, 1.82) is 5.26 Å². The van der Waals surface area contributed by atoms with Crippen LogP contribution in [-0.2, 0) is 20.5 Å². The molecule has 0 atom stereocenters. The normalized spacial score (nSPS) is 17.3. The molecule has 4 bridgehead atoms. The van der Waals surface area contributed by atoms with Crippen LogP contribution in [0.25, 0.3) is 0 Å². The van der Waals surface area contributed by atoms with E-state index in [9.17, 15) is 10.1 Å². The Balaban J connectivity index is 1.40. The van der Waals surface area contributed by atoms with Crippen LogP contribution in [-0.4, -0.2) is 84.8 Å². The smallest absolute Gasteiger partial charge is 0.229 e. The predicted octanol–water partition coefficient (Wildman–Crippen LogP) is 4.19. The van der Waals surface area contributed by atoms with Gasteiger partial charge in [-0.3, -0.25) is 14.6 Å². The molecule has 0 aliphatic carbocycles. The number of aromatic nitrogens is 2. The maximum Gasteiger partial charge on any atom is 0.229 e. The average Bonchev–Trinajstić information content (AvgIpc) is 3.03. The van der Waals surface area contributed by atoms with Crippen molar-refractivity contribution in [3.05, 3.63) is 65.4 Å². The van der Waals surface area contributed by atoms with Gasteiger partial charge in [-0.1, -0.05) is 40.8 Å². The molecule has 1 amide bonds. The van der Waals surface area contributed by atoms with E-state index in [2.05, 4.69) is 76.5 Å². The van der Waals surface area contributed by atoms with Crippen molar-refractivity contribution in [2.24, 2.45) is 0 Å². The lowest BCUT2D eigenvalue weighted by Crippen LogP contribution is -2.42. The molecule has 0 saturated carbocycles. The summed E-state index contributed by atoms with van der Waals surface area (Å²) in [5.41, 5.74) is 4.12. The van der Waals surface area contributed by atoms with Crippen LogP contribution >= 0.6 is 22.6 Å². The lowest BCUT2D eigenvalue weighted by Gasteiger charge is -2.30. The van der Waals surface area contributed by atoms with Crippen LogP contribution in [0.1, 0.15) is 29.5 Å². The van der Waals surface area contributed by atoms with E-state index >= 15 is 0 Å². The highest BCUT2D eigenvalue weighted by Gasteiger charge is 2.16. The van der Waals surface area contributed by atoms with Crippen molar-refractivity contribution in [2.75, 3.05) is 69.7 Å². The highest BCUT2D eigenvalue weighted by Crippen LogP contribution is 2.30. The van der Waals surface area contributed by atoms with Gasteiger partial charge in [0.15, 0.2) is 5.82 Å². The molecule has 11 nitrogen and oxygen atoms in total. The van der Waals surface area contributed by atoms with Crippen molar-refractivity contribution >= 4 is 51.6 Å². The summed E-state index contributed by atoms with van der Waals surface area (Å²) in [6.45, 7) is 7.46. The Morgan fingerprint density at radius 2 is 1.88 bits per heavy atom. The molecule has 5 rings (SSSR count). The molecule has 1 saturated heterocycles. The lowest BCUT2D eigenvalue weighted by atomic mass is 10.1. The van der Waals surface area contributed by atoms with Gasteiger partial charge >= 0.3 is 0 Å². The third-order valence-electron chi connectivity index (χ3n) is 7.34. The van der Waals surface area contributed by atoms with E-state index in [4.69, 9.17) is 9.47 Å². The van der Waals surface area contributed by atoms with Crippen LogP contribution in [0.4, 0.5) is 23.1 Å². The number of hydrogen-bond donors (Lipinski definition) is 3. The molecule has 226 valence electrons. The summed E-state index contributed by atoms with van der Waals surface area (Å²) in [5, 5.41) is 19.4. The van der Waals surface area contributed by atoms with Crippen LogP contribution < -0.4 is 20.7 Å². The number of amides is 1. The Morgan fingerprint density at radius 1 is 1.02 bits per heavy atom. The highest BCUT2D eigenvalue weighted by molar-refractivity contribution is 14.1. The number of rotatable bonds is 4. The fourth-order valence-electron chi connectivity index (χ4n) is 4.97. The molecule has 1 fully saturated rings. The average molecular weight is 697 g/mol. The van der Waals surface area contributed by atoms with E-state index in [1.54, 1.807) is 0 Å². The number of nitrogens with zero attached hydrogens (tertiary/aromatic N) is 5. The summed E-state index contributed by atoms with van der Waals surface area (Å²) in [4.78, 5) is 26.5. The third-order valence-corrected chi connectivity index (χ3v) is 8.22. The first-order chi connectivity index (χ1) is 21.1. The lowest BCUT2D eigenvalue weighted by molar-refractivity contribution is -0.121. The van der Waals surface area contributed by atoms with Crippen molar-refractivity contribution < 1.29 is 14.3 Å². The van der Waals surface area contributed by atoms with E-state index < -0.39 is 0 Å². The highest BCUT2D eigenvalue weighted by atomic mass is 127. The Hall–Kier alpha value is -3.51. The SMILES string of the molecule is N#Cc1cnc2nc1Nc1cccc(c1)CN(CCN1CCOCC1)CCC(=O)NCCCOc1ccc(CI)cc1N2. The number of carbonyl (C=O) groups excluding carboxylic acids is 1. The topological polar surface area (TPSA) is 128 Å². The van der Waals surface area contributed by atoms with Crippen LogP contribution in [0.2, 0.25) is 0 Å². The Morgan fingerprint density at radius 3 is 2.72 bits per heavy atom. The first-order valence-corrected chi connectivity index (χ1v) is 16.1. The number of ether oxygens (including phenoxy) is 2. The van der Waals surface area contributed by atoms with Gasteiger partial charge in [0.1, 0.15) is 17.4 Å². The number of hydrogen-bond acceptors (Lipinski definition) is 10. The van der Waals surface area contributed by atoms with Crippen molar-refractivity contribution in [1.82, 2.24) is 25.1 Å². The molecule has 43 heavy (non-hydrogen) atoms. The summed E-state index contributed by atoms with van der Waals surface area (Å²) in [7, 11) is 0. The molecule has 0 unspecified atom stereocenters. The van der Waals surface area contributed by atoms with E-state index in [0.717, 1.165) is 66.3 Å². The number of benzene rings is 2. The van der Waals surface area contributed by atoms with E-state index in [0.29, 0.717) is 62.2 Å². The van der Waals surface area contributed by atoms with E-state index in [-0.39, 0.29) is 5.91 Å². The second-order valence-corrected chi connectivity index (χ2v) is 11.3. The fraction of sp³-hybridized carbons (Fsp3) is 0.419. The first-order valence-electron chi connectivity index (χ1n) is 14.6. The maximum atomic E-state index is 12.7.